The van der Waals surface area contributed by atoms with E-state index in [4.69, 9.17) is 5.73 Å². The molecule has 0 aliphatic carbocycles. The van der Waals surface area contributed by atoms with E-state index < -0.39 is 10.0 Å². The Balaban J connectivity index is 2.31. The Bertz CT molecular complexity index is 522. The number of nitrogens with one attached hydrogen (secondary N) is 1. The first-order chi connectivity index (χ1) is 9.04. The lowest BCUT2D eigenvalue weighted by atomic mass is 10.1. The first kappa shape index (κ1) is 14.3. The van der Waals surface area contributed by atoms with E-state index in [0.29, 0.717) is 11.4 Å². The highest BCUT2D eigenvalue weighted by Gasteiger charge is 2.23. The van der Waals surface area contributed by atoms with E-state index in [2.05, 4.69) is 9.62 Å². The molecule has 0 bridgehead atoms. The maximum absolute atomic E-state index is 12.2. The first-order valence-corrected chi connectivity index (χ1v) is 8.12. The van der Waals surface area contributed by atoms with Crippen molar-refractivity contribution in [2.75, 3.05) is 24.5 Å². The van der Waals surface area contributed by atoms with Crippen LogP contribution in [0.25, 0.3) is 0 Å². The molecule has 19 heavy (non-hydrogen) atoms. The van der Waals surface area contributed by atoms with Gasteiger partial charge in [-0.3, -0.25) is 0 Å². The summed E-state index contributed by atoms with van der Waals surface area (Å²) < 4.78 is 26.9. The normalized spacial score (nSPS) is 17.7. The number of piperidine rings is 1. The number of nitrogens with two attached hydrogens (primary N) is 1. The third-order valence-electron chi connectivity index (χ3n) is 3.37. The fourth-order valence-corrected chi connectivity index (χ4v) is 3.62. The molecule has 1 aromatic carbocycles. The second-order valence-corrected chi connectivity index (χ2v) is 6.53. The minimum Gasteiger partial charge on any atom is -0.370 e. The van der Waals surface area contributed by atoms with Gasteiger partial charge < -0.3 is 10.6 Å². The van der Waals surface area contributed by atoms with Crippen molar-refractivity contribution in [3.05, 3.63) is 24.3 Å². The van der Waals surface area contributed by atoms with E-state index >= 15 is 0 Å². The van der Waals surface area contributed by atoms with Gasteiger partial charge in [0.15, 0.2) is 0 Å². The second kappa shape index (κ2) is 5.90. The molecule has 106 valence electrons. The Morgan fingerprint density at radius 1 is 1.32 bits per heavy atom. The highest BCUT2D eigenvalue weighted by atomic mass is 32.2. The predicted octanol–water partition coefficient (Wildman–Crippen LogP) is 0.912. The highest BCUT2D eigenvalue weighted by molar-refractivity contribution is 7.89. The lowest BCUT2D eigenvalue weighted by Gasteiger charge is -2.33. The molecule has 1 fully saturated rings. The lowest BCUT2D eigenvalue weighted by Crippen LogP contribution is -2.40. The van der Waals surface area contributed by atoms with Crippen LogP contribution < -0.4 is 15.4 Å². The van der Waals surface area contributed by atoms with Gasteiger partial charge in [-0.25, -0.2) is 13.1 Å². The summed E-state index contributed by atoms with van der Waals surface area (Å²) in [6, 6.07) is 7.37. The van der Waals surface area contributed by atoms with Crippen molar-refractivity contribution >= 4 is 15.7 Å². The van der Waals surface area contributed by atoms with Crippen LogP contribution in [0.1, 0.15) is 19.8 Å². The fourth-order valence-electron chi connectivity index (χ4n) is 2.35. The number of para-hydroxylation sites is 1. The van der Waals surface area contributed by atoms with Crippen LogP contribution >= 0.6 is 0 Å². The molecule has 0 aromatic heterocycles. The van der Waals surface area contributed by atoms with Crippen LogP contribution in [0.3, 0.4) is 0 Å². The zero-order valence-corrected chi connectivity index (χ0v) is 12.0. The summed E-state index contributed by atoms with van der Waals surface area (Å²) in [4.78, 5) is 2.46. The van der Waals surface area contributed by atoms with Crippen LogP contribution in [-0.4, -0.2) is 34.1 Å². The van der Waals surface area contributed by atoms with Gasteiger partial charge in [-0.2, -0.15) is 0 Å². The summed E-state index contributed by atoms with van der Waals surface area (Å²) in [5, 5.41) is 0. The average Bonchev–Trinajstić information content (AvgIpc) is 2.39. The van der Waals surface area contributed by atoms with Crippen molar-refractivity contribution in [3.63, 3.8) is 0 Å². The van der Waals surface area contributed by atoms with Gasteiger partial charge in [0.25, 0.3) is 0 Å². The van der Waals surface area contributed by atoms with E-state index in [1.165, 1.54) is 0 Å². The summed E-state index contributed by atoms with van der Waals surface area (Å²) in [6.07, 6.45) is 1.80. The van der Waals surface area contributed by atoms with E-state index in [-0.39, 0.29) is 6.04 Å². The van der Waals surface area contributed by atoms with Gasteiger partial charge in [0.05, 0.1) is 5.69 Å². The van der Waals surface area contributed by atoms with Gasteiger partial charge in [-0.15, -0.1) is 0 Å². The maximum atomic E-state index is 12.2. The van der Waals surface area contributed by atoms with Gasteiger partial charge in [0.1, 0.15) is 4.90 Å². The quantitative estimate of drug-likeness (QED) is 0.861. The molecule has 2 rings (SSSR count). The van der Waals surface area contributed by atoms with Crippen LogP contribution in [0.15, 0.2) is 29.2 Å². The molecular formula is C13H21N3O2S. The summed E-state index contributed by atoms with van der Waals surface area (Å²) >= 11 is 0. The molecule has 6 heteroatoms. The Morgan fingerprint density at radius 2 is 1.95 bits per heavy atom. The molecule has 1 aliphatic heterocycles. The Hall–Kier alpha value is -1.11. The fraction of sp³-hybridized carbons (Fsp3) is 0.538. The number of sulfonamides is 1. The van der Waals surface area contributed by atoms with Crippen LogP contribution in [0.2, 0.25) is 0 Å². The molecule has 5 nitrogen and oxygen atoms in total. The van der Waals surface area contributed by atoms with Crippen molar-refractivity contribution in [2.24, 2.45) is 5.73 Å². The summed E-state index contributed by atoms with van der Waals surface area (Å²) in [7, 11) is -3.43. The third kappa shape index (κ3) is 3.26. The third-order valence-corrected chi connectivity index (χ3v) is 4.96. The van der Waals surface area contributed by atoms with Crippen LogP contribution in [0, 0.1) is 0 Å². The number of hydrogen-bond acceptors (Lipinski definition) is 4. The molecule has 1 heterocycles. The molecule has 1 aromatic rings. The molecule has 3 N–H and O–H groups in total. The van der Waals surface area contributed by atoms with E-state index in [1.54, 1.807) is 19.1 Å². The number of rotatable bonds is 4. The number of benzene rings is 1. The van der Waals surface area contributed by atoms with Crippen molar-refractivity contribution in [1.29, 1.82) is 0 Å². The van der Waals surface area contributed by atoms with Gasteiger partial charge in [-0.05, 0) is 25.0 Å². The summed E-state index contributed by atoms with van der Waals surface area (Å²) in [6.45, 7) is 3.78. The van der Waals surface area contributed by atoms with Crippen LogP contribution in [-0.2, 0) is 10.0 Å². The average molecular weight is 283 g/mol. The van der Waals surface area contributed by atoms with Crippen molar-refractivity contribution < 1.29 is 8.42 Å². The molecule has 0 spiro atoms. The van der Waals surface area contributed by atoms with Crippen molar-refractivity contribution in [1.82, 2.24) is 4.72 Å². The van der Waals surface area contributed by atoms with E-state index in [0.717, 1.165) is 31.6 Å². The largest absolute Gasteiger partial charge is 0.370 e. The van der Waals surface area contributed by atoms with Crippen LogP contribution in [0.5, 0.6) is 0 Å². The van der Waals surface area contributed by atoms with E-state index in [1.807, 2.05) is 12.1 Å². The van der Waals surface area contributed by atoms with Crippen molar-refractivity contribution in [2.45, 2.75) is 30.7 Å². The molecule has 1 saturated heterocycles. The molecule has 0 radical (unpaired) electrons. The Morgan fingerprint density at radius 3 is 2.58 bits per heavy atom. The predicted molar refractivity (Wildman–Crippen MR) is 76.7 cm³/mol. The molecule has 1 aliphatic rings. The van der Waals surface area contributed by atoms with Gasteiger partial charge in [0.2, 0.25) is 10.0 Å². The lowest BCUT2D eigenvalue weighted by molar-refractivity contribution is 0.499. The zero-order valence-electron chi connectivity index (χ0n) is 11.2. The molecule has 0 atom stereocenters. The SMILES string of the molecule is CCNS(=O)(=O)c1ccccc1N1CCC(N)CC1. The van der Waals surface area contributed by atoms with Gasteiger partial charge in [0, 0.05) is 25.7 Å². The summed E-state index contributed by atoms with van der Waals surface area (Å²) in [5.41, 5.74) is 6.66. The highest BCUT2D eigenvalue weighted by Crippen LogP contribution is 2.27. The smallest absolute Gasteiger partial charge is 0.242 e. The minimum absolute atomic E-state index is 0.230. The topological polar surface area (TPSA) is 75.4 Å². The first-order valence-electron chi connectivity index (χ1n) is 6.64. The molecule has 0 saturated carbocycles. The monoisotopic (exact) mass is 283 g/mol. The molecule has 0 amide bonds. The molecule has 0 unspecified atom stereocenters. The van der Waals surface area contributed by atoms with Crippen LogP contribution in [0.4, 0.5) is 5.69 Å². The standard InChI is InChI=1S/C13H21N3O2S/c1-2-15-19(17,18)13-6-4-3-5-12(13)16-9-7-11(14)8-10-16/h3-6,11,15H,2,7-10,14H2,1H3. The number of nitrogens with zero attached hydrogens (tertiary/aromatic N) is 1. The van der Waals surface area contributed by atoms with Gasteiger partial charge in [-0.1, -0.05) is 19.1 Å². The number of anilines is 1. The molecular weight excluding hydrogens is 262 g/mol. The summed E-state index contributed by atoms with van der Waals surface area (Å²) in [5.74, 6) is 0. The maximum Gasteiger partial charge on any atom is 0.242 e. The minimum atomic E-state index is -3.43. The Labute approximate surface area is 114 Å². The zero-order chi connectivity index (χ0) is 13.9. The van der Waals surface area contributed by atoms with Gasteiger partial charge >= 0.3 is 0 Å². The number of hydrogen-bond donors (Lipinski definition) is 2. The second-order valence-electron chi connectivity index (χ2n) is 4.79. The Kier molecular flexibility index (Phi) is 4.44. The van der Waals surface area contributed by atoms with Crippen molar-refractivity contribution in [3.8, 4) is 0 Å². The van der Waals surface area contributed by atoms with E-state index in [9.17, 15) is 8.42 Å².